The van der Waals surface area contributed by atoms with Gasteiger partial charge in [0, 0.05) is 12.8 Å². The summed E-state index contributed by atoms with van der Waals surface area (Å²) in [6, 6.07) is 3.65. The molecule has 1 unspecified atom stereocenters. The number of carboxylic acid groups (broad SMARTS) is 1. The molecular weight excluding hydrogens is 382 g/mol. The second-order valence-electron chi connectivity index (χ2n) is 4.97. The molecule has 0 aliphatic rings. The molecule has 0 spiro atoms. The van der Waals surface area contributed by atoms with E-state index in [2.05, 4.69) is 31.4 Å². The van der Waals surface area contributed by atoms with E-state index >= 15 is 0 Å². The van der Waals surface area contributed by atoms with Crippen molar-refractivity contribution in [2.24, 2.45) is 0 Å². The number of rotatable bonds is 7. The first-order valence-electron chi connectivity index (χ1n) is 7.05. The average molecular weight is 398 g/mol. The third kappa shape index (κ3) is 4.54. The van der Waals surface area contributed by atoms with Crippen LogP contribution in [0.15, 0.2) is 27.2 Å². The first-order chi connectivity index (χ1) is 11.4. The number of methoxy groups -OCH3 is 1. The van der Waals surface area contributed by atoms with Crippen molar-refractivity contribution in [2.75, 3.05) is 7.11 Å². The number of carbonyl (C=O) groups excluding carboxylic acids is 1. The Balaban J connectivity index is 2.03. The normalized spacial score (nSPS) is 11.8. The Morgan fingerprint density at radius 2 is 2.21 bits per heavy atom. The van der Waals surface area contributed by atoms with Crippen LogP contribution in [0.5, 0.6) is 5.75 Å². The van der Waals surface area contributed by atoms with Gasteiger partial charge in [-0.2, -0.15) is 4.98 Å². The SMILES string of the molecule is COc1ccc(C(NC(=O)CCc2nc(C)no2)C(=O)O)cc1Br. The number of nitrogens with zero attached hydrogens (tertiary/aromatic N) is 2. The number of nitrogens with one attached hydrogen (secondary N) is 1. The van der Waals surface area contributed by atoms with Crippen molar-refractivity contribution in [3.8, 4) is 5.75 Å². The van der Waals surface area contributed by atoms with Gasteiger partial charge in [0.05, 0.1) is 11.6 Å². The van der Waals surface area contributed by atoms with E-state index in [1.165, 1.54) is 7.11 Å². The zero-order chi connectivity index (χ0) is 17.7. The number of aryl methyl sites for hydroxylation is 2. The number of hydrogen-bond acceptors (Lipinski definition) is 6. The van der Waals surface area contributed by atoms with E-state index in [1.54, 1.807) is 25.1 Å². The lowest BCUT2D eigenvalue weighted by molar-refractivity contribution is -0.142. The minimum absolute atomic E-state index is 0.0444. The smallest absolute Gasteiger partial charge is 0.330 e. The van der Waals surface area contributed by atoms with E-state index in [1.807, 2.05) is 0 Å². The van der Waals surface area contributed by atoms with Gasteiger partial charge < -0.3 is 19.7 Å². The van der Waals surface area contributed by atoms with Gasteiger partial charge in [0.15, 0.2) is 11.9 Å². The minimum Gasteiger partial charge on any atom is -0.496 e. The van der Waals surface area contributed by atoms with Crippen molar-refractivity contribution in [3.05, 3.63) is 40.0 Å². The maximum atomic E-state index is 12.0. The summed E-state index contributed by atoms with van der Waals surface area (Å²) in [4.78, 5) is 27.5. The molecule has 0 fully saturated rings. The van der Waals surface area contributed by atoms with Crippen LogP contribution in [-0.4, -0.2) is 34.2 Å². The van der Waals surface area contributed by atoms with E-state index in [0.29, 0.717) is 27.5 Å². The summed E-state index contributed by atoms with van der Waals surface area (Å²) in [6.07, 6.45) is 0.286. The van der Waals surface area contributed by atoms with Crippen molar-refractivity contribution in [1.29, 1.82) is 0 Å². The number of aliphatic carboxylic acids is 1. The maximum absolute atomic E-state index is 12.0. The fraction of sp³-hybridized carbons (Fsp3) is 0.333. The number of benzene rings is 1. The quantitative estimate of drug-likeness (QED) is 0.733. The molecule has 1 aromatic carbocycles. The van der Waals surface area contributed by atoms with Gasteiger partial charge in [-0.05, 0) is 40.5 Å². The molecule has 8 nitrogen and oxygen atoms in total. The Morgan fingerprint density at radius 3 is 2.75 bits per heavy atom. The number of aromatic nitrogens is 2. The summed E-state index contributed by atoms with van der Waals surface area (Å²) in [7, 11) is 1.51. The Morgan fingerprint density at radius 1 is 1.46 bits per heavy atom. The summed E-state index contributed by atoms with van der Waals surface area (Å²) in [6.45, 7) is 1.68. The molecule has 1 amide bonds. The zero-order valence-corrected chi connectivity index (χ0v) is 14.7. The number of carbonyl (C=O) groups is 2. The van der Waals surface area contributed by atoms with E-state index < -0.39 is 17.9 Å². The van der Waals surface area contributed by atoms with Crippen LogP contribution in [0.4, 0.5) is 0 Å². The Hall–Kier alpha value is -2.42. The maximum Gasteiger partial charge on any atom is 0.330 e. The predicted octanol–water partition coefficient (Wildman–Crippen LogP) is 2.02. The van der Waals surface area contributed by atoms with Gasteiger partial charge in [-0.3, -0.25) is 4.79 Å². The van der Waals surface area contributed by atoms with Crippen LogP contribution in [0.3, 0.4) is 0 Å². The Labute approximate surface area is 146 Å². The molecule has 1 heterocycles. The van der Waals surface area contributed by atoms with Crippen molar-refractivity contribution < 1.29 is 24.0 Å². The molecular formula is C15H16BrN3O5. The molecule has 2 aromatic rings. The van der Waals surface area contributed by atoms with Crippen LogP contribution >= 0.6 is 15.9 Å². The average Bonchev–Trinajstić information content (AvgIpc) is 2.95. The number of halogens is 1. The van der Waals surface area contributed by atoms with Crippen LogP contribution in [0, 0.1) is 6.92 Å². The summed E-state index contributed by atoms with van der Waals surface area (Å²) in [5, 5.41) is 15.5. The molecule has 1 aromatic heterocycles. The van der Waals surface area contributed by atoms with Crippen LogP contribution in [0.2, 0.25) is 0 Å². The number of hydrogen-bond donors (Lipinski definition) is 2. The molecule has 24 heavy (non-hydrogen) atoms. The Bertz CT molecular complexity index is 746. The van der Waals surface area contributed by atoms with Gasteiger partial charge in [0.25, 0.3) is 0 Å². The second kappa shape index (κ2) is 7.91. The molecule has 0 saturated carbocycles. The molecule has 1 atom stereocenters. The van der Waals surface area contributed by atoms with Crippen molar-refractivity contribution in [1.82, 2.24) is 15.5 Å². The molecule has 9 heteroatoms. The topological polar surface area (TPSA) is 115 Å². The summed E-state index contributed by atoms with van der Waals surface area (Å²) in [5.74, 6) is -0.196. The summed E-state index contributed by atoms with van der Waals surface area (Å²) >= 11 is 3.30. The highest BCUT2D eigenvalue weighted by Gasteiger charge is 2.23. The van der Waals surface area contributed by atoms with Crippen molar-refractivity contribution >= 4 is 27.8 Å². The molecule has 0 aliphatic heterocycles. The highest BCUT2D eigenvalue weighted by Crippen LogP contribution is 2.28. The largest absolute Gasteiger partial charge is 0.496 e. The second-order valence-corrected chi connectivity index (χ2v) is 5.82. The van der Waals surface area contributed by atoms with Gasteiger partial charge in [-0.1, -0.05) is 11.2 Å². The third-order valence-corrected chi connectivity index (χ3v) is 3.82. The number of carboxylic acids is 1. The van der Waals surface area contributed by atoms with E-state index in [0.717, 1.165) is 0 Å². The number of ether oxygens (including phenoxy) is 1. The lowest BCUT2D eigenvalue weighted by atomic mass is 10.1. The molecule has 0 saturated heterocycles. The standard InChI is InChI=1S/C15H16BrN3O5/c1-8-17-13(24-19-8)6-5-12(20)18-14(15(21)22)9-3-4-11(23-2)10(16)7-9/h3-4,7,14H,5-6H2,1-2H3,(H,18,20)(H,21,22). The molecule has 128 valence electrons. The molecule has 2 N–H and O–H groups in total. The zero-order valence-electron chi connectivity index (χ0n) is 13.1. The summed E-state index contributed by atoms with van der Waals surface area (Å²) < 4.78 is 10.6. The minimum atomic E-state index is -1.16. The van der Waals surface area contributed by atoms with E-state index in [4.69, 9.17) is 9.26 Å². The van der Waals surface area contributed by atoms with Gasteiger partial charge in [0.1, 0.15) is 5.75 Å². The lowest BCUT2D eigenvalue weighted by Crippen LogP contribution is -2.33. The lowest BCUT2D eigenvalue weighted by Gasteiger charge is -2.16. The molecule has 0 aliphatic carbocycles. The highest BCUT2D eigenvalue weighted by atomic mass is 79.9. The first kappa shape index (κ1) is 17.9. The first-order valence-corrected chi connectivity index (χ1v) is 7.84. The molecule has 0 bridgehead atoms. The predicted molar refractivity (Wildman–Crippen MR) is 86.6 cm³/mol. The van der Waals surface area contributed by atoms with Gasteiger partial charge in [0.2, 0.25) is 11.8 Å². The Kier molecular flexibility index (Phi) is 5.91. The fourth-order valence-corrected chi connectivity index (χ4v) is 2.60. The van der Waals surface area contributed by atoms with Gasteiger partial charge >= 0.3 is 5.97 Å². The summed E-state index contributed by atoms with van der Waals surface area (Å²) in [5.41, 5.74) is 0.428. The molecule has 2 rings (SSSR count). The highest BCUT2D eigenvalue weighted by molar-refractivity contribution is 9.10. The third-order valence-electron chi connectivity index (χ3n) is 3.20. The van der Waals surface area contributed by atoms with Crippen molar-refractivity contribution in [2.45, 2.75) is 25.8 Å². The van der Waals surface area contributed by atoms with Crippen molar-refractivity contribution in [3.63, 3.8) is 0 Å². The number of amides is 1. The van der Waals surface area contributed by atoms with Crippen LogP contribution in [0.1, 0.15) is 29.7 Å². The van der Waals surface area contributed by atoms with E-state index in [-0.39, 0.29) is 12.8 Å². The van der Waals surface area contributed by atoms with Crippen LogP contribution in [0.25, 0.3) is 0 Å². The monoisotopic (exact) mass is 397 g/mol. The van der Waals surface area contributed by atoms with Gasteiger partial charge in [-0.25, -0.2) is 4.79 Å². The fourth-order valence-electron chi connectivity index (χ4n) is 2.05. The molecule has 0 radical (unpaired) electrons. The van der Waals surface area contributed by atoms with Gasteiger partial charge in [-0.15, -0.1) is 0 Å². The van der Waals surface area contributed by atoms with Crippen LogP contribution < -0.4 is 10.1 Å². The van der Waals surface area contributed by atoms with E-state index in [9.17, 15) is 14.7 Å². The van der Waals surface area contributed by atoms with Crippen LogP contribution in [-0.2, 0) is 16.0 Å².